The molecule has 1 aromatic carbocycles. The number of hydrogen-bond donors (Lipinski definition) is 3. The maximum atomic E-state index is 13.5. The molecule has 14 heteroatoms. The number of fused-ring (bicyclic) bond motifs is 2. The number of alkyl carbamates (subject to hydrolysis) is 1. The third-order valence-corrected chi connectivity index (χ3v) is 8.69. The molecule has 1 unspecified atom stereocenters. The number of likely N-dealkylation sites (tertiary alicyclic amines) is 3. The zero-order chi connectivity index (χ0) is 29.4. The molecule has 0 radical (unpaired) electrons. The lowest BCUT2D eigenvalue weighted by molar-refractivity contribution is -0.135. The quantitative estimate of drug-likeness (QED) is 0.444. The number of nitriles is 1. The van der Waals surface area contributed by atoms with E-state index in [1.54, 1.807) is 37.8 Å². The van der Waals surface area contributed by atoms with E-state index in [0.29, 0.717) is 25.8 Å². The first-order valence-electron chi connectivity index (χ1n) is 13.2. The summed E-state index contributed by atoms with van der Waals surface area (Å²) in [6.07, 6.45) is -0.451. The van der Waals surface area contributed by atoms with Crippen molar-refractivity contribution in [3.63, 3.8) is 0 Å². The number of sulfonamides is 1. The van der Waals surface area contributed by atoms with Crippen LogP contribution in [0.2, 0.25) is 0 Å². The van der Waals surface area contributed by atoms with E-state index in [1.165, 1.54) is 21.9 Å². The van der Waals surface area contributed by atoms with Crippen LogP contribution in [0.3, 0.4) is 0 Å². The molecular formula is C26H36N6O7S. The molecule has 0 aromatic heterocycles. The summed E-state index contributed by atoms with van der Waals surface area (Å²) in [5.74, 6) is -0.455. The van der Waals surface area contributed by atoms with E-state index < -0.39 is 58.0 Å². The smallest absolute Gasteiger partial charge is 0.408 e. The highest BCUT2D eigenvalue weighted by atomic mass is 32.2. The number of hydrogen-bond acceptors (Lipinski definition) is 9. The van der Waals surface area contributed by atoms with E-state index >= 15 is 0 Å². The average Bonchev–Trinajstić information content (AvgIpc) is 3.58. The molecule has 3 N–H and O–H groups in total. The Kier molecular flexibility index (Phi) is 8.30. The molecule has 4 rings (SSSR count). The number of nitrogens with one attached hydrogen (secondary N) is 2. The largest absolute Gasteiger partial charge is 0.444 e. The van der Waals surface area contributed by atoms with Crippen LogP contribution in [0.4, 0.5) is 9.59 Å². The second-order valence-corrected chi connectivity index (χ2v) is 13.1. The van der Waals surface area contributed by atoms with Crippen molar-refractivity contribution in [2.75, 3.05) is 19.6 Å². The number of carbonyl (C=O) groups is 3. The number of aliphatic hydroxyl groups excluding tert-OH is 1. The number of urea groups is 1. The van der Waals surface area contributed by atoms with Crippen LogP contribution in [0.1, 0.15) is 45.6 Å². The third-order valence-electron chi connectivity index (χ3n) is 7.36. The lowest BCUT2D eigenvalue weighted by Crippen LogP contribution is -2.62. The molecule has 0 aliphatic carbocycles. The van der Waals surface area contributed by atoms with E-state index in [4.69, 9.17) is 4.74 Å². The van der Waals surface area contributed by atoms with Gasteiger partial charge in [0.25, 0.3) is 10.0 Å². The third kappa shape index (κ3) is 6.32. The Balaban J connectivity index is 1.45. The van der Waals surface area contributed by atoms with Gasteiger partial charge in [-0.3, -0.25) is 9.69 Å². The summed E-state index contributed by atoms with van der Waals surface area (Å²) < 4.78 is 32.8. The molecule has 3 aliphatic rings. The Morgan fingerprint density at radius 2 is 1.88 bits per heavy atom. The predicted octanol–water partition coefficient (Wildman–Crippen LogP) is 0.878. The first-order chi connectivity index (χ1) is 18.7. The minimum absolute atomic E-state index is 0.0508. The summed E-state index contributed by atoms with van der Waals surface area (Å²) in [5, 5.41) is 23.2. The van der Waals surface area contributed by atoms with E-state index in [1.807, 2.05) is 6.92 Å². The number of carbonyl (C=O) groups excluding carboxylic acids is 3. The van der Waals surface area contributed by atoms with Gasteiger partial charge in [0.1, 0.15) is 23.9 Å². The SMILES string of the molecule is Cc1ccc(S(=O)(=O)NC(=O)N2C[C@@H]3C[C@H]2C(O)N3C[C@H](NC(=O)OC(C)(C)C)C(=O)N2CCC[C@H]2C#N)cc1. The van der Waals surface area contributed by atoms with Gasteiger partial charge in [0.2, 0.25) is 5.91 Å². The van der Waals surface area contributed by atoms with Gasteiger partial charge in [-0.1, -0.05) is 17.7 Å². The van der Waals surface area contributed by atoms with E-state index in [-0.39, 0.29) is 24.0 Å². The van der Waals surface area contributed by atoms with Crippen molar-refractivity contribution in [2.24, 2.45) is 0 Å². The lowest BCUT2D eigenvalue weighted by Gasteiger charge is -2.40. The van der Waals surface area contributed by atoms with Crippen LogP contribution >= 0.6 is 0 Å². The van der Waals surface area contributed by atoms with Crippen molar-refractivity contribution < 1.29 is 32.6 Å². The first-order valence-corrected chi connectivity index (χ1v) is 14.7. The number of ether oxygens (including phenoxy) is 1. The van der Waals surface area contributed by atoms with Gasteiger partial charge in [-0.2, -0.15) is 5.26 Å². The molecule has 3 aliphatic heterocycles. The van der Waals surface area contributed by atoms with E-state index in [0.717, 1.165) is 5.56 Å². The molecule has 5 atom stereocenters. The maximum Gasteiger partial charge on any atom is 0.408 e. The van der Waals surface area contributed by atoms with Gasteiger partial charge in [0.05, 0.1) is 17.0 Å². The minimum atomic E-state index is -4.11. The predicted molar refractivity (Wildman–Crippen MR) is 142 cm³/mol. The number of piperazine rings is 1. The molecule has 13 nitrogen and oxygen atoms in total. The number of aliphatic hydroxyl groups is 1. The minimum Gasteiger partial charge on any atom is -0.444 e. The summed E-state index contributed by atoms with van der Waals surface area (Å²) in [5.41, 5.74) is 0.0654. The fourth-order valence-electron chi connectivity index (χ4n) is 5.45. The van der Waals surface area contributed by atoms with Crippen LogP contribution in [0, 0.1) is 18.3 Å². The Morgan fingerprint density at radius 3 is 2.48 bits per heavy atom. The standard InChI is InChI=1S/C26H36N6O7S/c1-16-7-9-19(10-8-16)40(37,38)29-24(35)32-14-18-12-21(32)23(34)31(18)15-20(28-25(36)39-26(2,3)4)22(33)30-11-5-6-17(30)13-27/h7-10,17-18,20-21,23,34H,5-6,11-12,14-15H2,1-4H3,(H,28,36)(H,29,35)/t17-,18-,20-,21-,23?/m0/s1. The molecule has 0 spiro atoms. The molecule has 4 amide bonds. The van der Waals surface area contributed by atoms with Crippen molar-refractivity contribution in [2.45, 2.75) is 87.8 Å². The van der Waals surface area contributed by atoms with Crippen LogP contribution < -0.4 is 10.0 Å². The topological polar surface area (TPSA) is 172 Å². The van der Waals surface area contributed by atoms with Gasteiger partial charge in [0, 0.05) is 25.7 Å². The zero-order valence-corrected chi connectivity index (χ0v) is 23.8. The van der Waals surface area contributed by atoms with Crippen molar-refractivity contribution in [1.82, 2.24) is 24.7 Å². The summed E-state index contributed by atoms with van der Waals surface area (Å²) in [7, 11) is -4.11. The Hall–Kier alpha value is -3.41. The fourth-order valence-corrected chi connectivity index (χ4v) is 6.41. The Labute approximate surface area is 234 Å². The highest BCUT2D eigenvalue weighted by Crippen LogP contribution is 2.35. The number of rotatable bonds is 6. The fraction of sp³-hybridized carbons (Fsp3) is 0.615. The van der Waals surface area contributed by atoms with Crippen molar-refractivity contribution >= 4 is 28.1 Å². The number of aryl methyl sites for hydroxylation is 1. The van der Waals surface area contributed by atoms with Crippen LogP contribution in [0.15, 0.2) is 29.2 Å². The summed E-state index contributed by atoms with van der Waals surface area (Å²) in [6, 6.07) is 4.53. The number of benzene rings is 1. The second-order valence-electron chi connectivity index (χ2n) is 11.5. The molecular weight excluding hydrogens is 540 g/mol. The normalized spacial score (nSPS) is 25.4. The van der Waals surface area contributed by atoms with Crippen LogP contribution in [-0.4, -0.2) is 102 Å². The number of amides is 4. The van der Waals surface area contributed by atoms with Gasteiger partial charge in [0.15, 0.2) is 0 Å². The van der Waals surface area contributed by atoms with E-state index in [2.05, 4.69) is 16.1 Å². The summed E-state index contributed by atoms with van der Waals surface area (Å²) >= 11 is 0. The van der Waals surface area contributed by atoms with Gasteiger partial charge in [-0.05, 0) is 59.1 Å². The highest BCUT2D eigenvalue weighted by molar-refractivity contribution is 7.90. The monoisotopic (exact) mass is 576 g/mol. The van der Waals surface area contributed by atoms with Crippen molar-refractivity contribution in [3.05, 3.63) is 29.8 Å². The Bertz CT molecular complexity index is 1290. The molecule has 3 saturated heterocycles. The average molecular weight is 577 g/mol. The van der Waals surface area contributed by atoms with E-state index in [9.17, 15) is 33.2 Å². The lowest BCUT2D eigenvalue weighted by atomic mass is 10.1. The first kappa shape index (κ1) is 29.6. The Morgan fingerprint density at radius 1 is 1.20 bits per heavy atom. The van der Waals surface area contributed by atoms with Gasteiger partial charge >= 0.3 is 12.1 Å². The zero-order valence-electron chi connectivity index (χ0n) is 23.0. The van der Waals surface area contributed by atoms with Crippen molar-refractivity contribution in [1.29, 1.82) is 5.26 Å². The van der Waals surface area contributed by atoms with Crippen LogP contribution in [-0.2, 0) is 19.6 Å². The van der Waals surface area contributed by atoms with Crippen LogP contribution in [0.5, 0.6) is 0 Å². The van der Waals surface area contributed by atoms with Crippen molar-refractivity contribution in [3.8, 4) is 6.07 Å². The van der Waals surface area contributed by atoms with Gasteiger partial charge < -0.3 is 25.0 Å². The van der Waals surface area contributed by atoms with Gasteiger partial charge in [-0.15, -0.1) is 0 Å². The molecule has 2 bridgehead atoms. The van der Waals surface area contributed by atoms with Gasteiger partial charge in [-0.25, -0.2) is 22.7 Å². The number of nitrogens with zero attached hydrogens (tertiary/aromatic N) is 4. The summed E-state index contributed by atoms with van der Waals surface area (Å²) in [6.45, 7) is 7.31. The molecule has 3 heterocycles. The molecule has 3 fully saturated rings. The highest BCUT2D eigenvalue weighted by Gasteiger charge is 2.53. The second kappa shape index (κ2) is 11.2. The molecule has 218 valence electrons. The maximum absolute atomic E-state index is 13.5. The molecule has 40 heavy (non-hydrogen) atoms. The summed E-state index contributed by atoms with van der Waals surface area (Å²) in [4.78, 5) is 43.3. The van der Waals surface area contributed by atoms with Crippen LogP contribution in [0.25, 0.3) is 0 Å². The molecule has 1 aromatic rings. The molecule has 0 saturated carbocycles.